The number of nitrogens with two attached hydrogens (primary N) is 1. The van der Waals surface area contributed by atoms with Gasteiger partial charge in [0.25, 0.3) is 0 Å². The van der Waals surface area contributed by atoms with Crippen LogP contribution in [0, 0.1) is 11.3 Å². The fraction of sp³-hybridized carbons (Fsp3) is 0.350. The van der Waals surface area contributed by atoms with Gasteiger partial charge >= 0.3 is 6.09 Å². The third-order valence-electron chi connectivity index (χ3n) is 9.75. The van der Waals surface area contributed by atoms with Crippen molar-refractivity contribution in [3.8, 4) is 34.1 Å². The normalized spacial score (nSPS) is 16.1. The number of rotatable bonds is 5. The Hall–Kier alpha value is -5.40. The average molecular weight is 670 g/mol. The van der Waals surface area contributed by atoms with Crippen LogP contribution in [0.2, 0.25) is 0 Å². The number of phenols is 1. The first-order chi connectivity index (χ1) is 24.1. The molecule has 4 N–H and O–H groups in total. The van der Waals surface area contributed by atoms with Crippen molar-refractivity contribution >= 4 is 39.3 Å². The van der Waals surface area contributed by atoms with E-state index in [0.717, 1.165) is 102 Å². The lowest BCUT2D eigenvalue weighted by Gasteiger charge is -2.35. The number of pyridine rings is 2. The molecule has 5 aromatic rings. The Morgan fingerprint density at radius 2 is 1.56 bits per heavy atom. The van der Waals surface area contributed by atoms with E-state index in [-0.39, 0.29) is 29.5 Å². The summed E-state index contributed by atoms with van der Waals surface area (Å²) in [7, 11) is 0. The summed E-state index contributed by atoms with van der Waals surface area (Å²) in [6, 6.07) is 22.1. The first kappa shape index (κ1) is 33.1. The Labute approximate surface area is 292 Å². The number of nitriles is 1. The molecule has 10 nitrogen and oxygen atoms in total. The van der Waals surface area contributed by atoms with Crippen molar-refractivity contribution in [2.45, 2.75) is 64.1 Å². The number of hydrogen-bond donors (Lipinski definition) is 3. The number of aromatic hydroxyl groups is 1. The molecule has 1 amide bonds. The summed E-state index contributed by atoms with van der Waals surface area (Å²) in [5, 5.41) is 25.6. The standard InChI is InChI=1S/C40H43N7O3/c1-40(2,3)50-39(49)45-29-14-19-46(20-15-29)36-11-16-43-34-9-8-26(21-31(34)36)33-24-44-35-10-7-25(30-6-4-5-27(23-41)38(30)48)22-32(35)37(33)47-17-12-28(42)13-18-47/h4-11,16,21-22,24,28-29,48H,12-15,17-20,42H2,1-3H3,(H,45,49). The molecule has 0 spiro atoms. The highest BCUT2D eigenvalue weighted by molar-refractivity contribution is 6.04. The van der Waals surface area contributed by atoms with Crippen molar-refractivity contribution in [1.29, 1.82) is 5.26 Å². The Kier molecular flexibility index (Phi) is 8.93. The second-order valence-electron chi connectivity index (χ2n) is 14.4. The van der Waals surface area contributed by atoms with Gasteiger partial charge in [-0.1, -0.05) is 24.3 Å². The van der Waals surface area contributed by atoms with Crippen molar-refractivity contribution in [2.24, 2.45) is 5.73 Å². The van der Waals surface area contributed by atoms with E-state index in [1.807, 2.05) is 51.4 Å². The topological polar surface area (TPSA) is 141 Å². The predicted molar refractivity (Wildman–Crippen MR) is 198 cm³/mol. The first-order valence-corrected chi connectivity index (χ1v) is 17.4. The number of anilines is 2. The lowest BCUT2D eigenvalue weighted by atomic mass is 9.94. The molecule has 256 valence electrons. The Morgan fingerprint density at radius 3 is 2.26 bits per heavy atom. The van der Waals surface area contributed by atoms with Crippen molar-refractivity contribution in [1.82, 2.24) is 15.3 Å². The van der Waals surface area contributed by atoms with Gasteiger partial charge < -0.3 is 30.7 Å². The summed E-state index contributed by atoms with van der Waals surface area (Å²) in [6.07, 6.45) is 6.86. The number of nitrogens with one attached hydrogen (secondary N) is 1. The molecule has 2 aliphatic rings. The number of carbonyl (C=O) groups excluding carboxylic acids is 1. The number of phenolic OH excluding ortho intramolecular Hbond substituents is 1. The second kappa shape index (κ2) is 13.5. The maximum Gasteiger partial charge on any atom is 0.407 e. The van der Waals surface area contributed by atoms with Gasteiger partial charge in [0.15, 0.2) is 0 Å². The highest BCUT2D eigenvalue weighted by atomic mass is 16.6. The van der Waals surface area contributed by atoms with Crippen LogP contribution >= 0.6 is 0 Å². The van der Waals surface area contributed by atoms with Crippen LogP contribution in [-0.2, 0) is 4.74 Å². The van der Waals surface area contributed by atoms with Gasteiger partial charge in [0, 0.05) is 78.2 Å². The number of fused-ring (bicyclic) bond motifs is 2. The molecule has 10 heteroatoms. The van der Waals surface area contributed by atoms with Crippen molar-refractivity contribution in [3.05, 3.63) is 78.6 Å². The number of alkyl carbamates (subject to hydrolysis) is 1. The molecule has 0 unspecified atom stereocenters. The molecule has 50 heavy (non-hydrogen) atoms. The van der Waals surface area contributed by atoms with Gasteiger partial charge in [-0.15, -0.1) is 0 Å². The summed E-state index contributed by atoms with van der Waals surface area (Å²) >= 11 is 0. The molecule has 2 aromatic heterocycles. The molecule has 0 atom stereocenters. The fourth-order valence-corrected chi connectivity index (χ4v) is 7.20. The van der Waals surface area contributed by atoms with Crippen LogP contribution in [0.3, 0.4) is 0 Å². The minimum atomic E-state index is -0.533. The molecule has 4 heterocycles. The van der Waals surface area contributed by atoms with Crippen molar-refractivity contribution in [2.75, 3.05) is 36.0 Å². The highest BCUT2D eigenvalue weighted by Gasteiger charge is 2.26. The van der Waals surface area contributed by atoms with Gasteiger partial charge in [-0.2, -0.15) is 5.26 Å². The number of aromatic nitrogens is 2. The van der Waals surface area contributed by atoms with Gasteiger partial charge in [-0.3, -0.25) is 9.97 Å². The number of benzene rings is 3. The van der Waals surface area contributed by atoms with Crippen LogP contribution in [0.4, 0.5) is 16.2 Å². The number of nitrogens with zero attached hydrogens (tertiary/aromatic N) is 5. The third-order valence-corrected chi connectivity index (χ3v) is 9.75. The van der Waals surface area contributed by atoms with E-state index in [0.29, 0.717) is 5.56 Å². The maximum atomic E-state index is 12.4. The van der Waals surface area contributed by atoms with Gasteiger partial charge in [0.2, 0.25) is 0 Å². The molecule has 0 saturated carbocycles. The highest BCUT2D eigenvalue weighted by Crippen LogP contribution is 2.42. The Morgan fingerprint density at radius 1 is 0.900 bits per heavy atom. The van der Waals surface area contributed by atoms with Crippen LogP contribution in [0.25, 0.3) is 44.1 Å². The number of carbonyl (C=O) groups is 1. The lowest BCUT2D eigenvalue weighted by Crippen LogP contribution is -2.46. The zero-order valence-electron chi connectivity index (χ0n) is 28.8. The number of hydrogen-bond acceptors (Lipinski definition) is 9. The van der Waals surface area contributed by atoms with Gasteiger partial charge in [0.05, 0.1) is 22.3 Å². The second-order valence-corrected chi connectivity index (χ2v) is 14.4. The summed E-state index contributed by atoms with van der Waals surface area (Å²) in [5.41, 5.74) is 13.5. The summed E-state index contributed by atoms with van der Waals surface area (Å²) in [4.78, 5) is 26.8. The molecule has 2 fully saturated rings. The quantitative estimate of drug-likeness (QED) is 0.178. The van der Waals surface area contributed by atoms with Gasteiger partial charge in [-0.25, -0.2) is 4.79 Å². The molecule has 0 bridgehead atoms. The van der Waals surface area contributed by atoms with E-state index in [1.165, 1.54) is 0 Å². The smallest absolute Gasteiger partial charge is 0.407 e. The largest absolute Gasteiger partial charge is 0.506 e. The van der Waals surface area contributed by atoms with Gasteiger partial charge in [-0.05, 0) is 94.0 Å². The van der Waals surface area contributed by atoms with E-state index in [4.69, 9.17) is 20.4 Å². The molecule has 2 saturated heterocycles. The molecular weight excluding hydrogens is 626 g/mol. The van der Waals surface area contributed by atoms with Crippen LogP contribution in [0.15, 0.2) is 73.1 Å². The SMILES string of the molecule is CC(C)(C)OC(=O)NC1CCN(c2ccnc3ccc(-c4cnc5ccc(-c6cccc(C#N)c6O)cc5c4N4CCC(N)CC4)cc23)CC1. The van der Waals surface area contributed by atoms with E-state index in [9.17, 15) is 15.2 Å². The van der Waals surface area contributed by atoms with Gasteiger partial charge in [0.1, 0.15) is 17.4 Å². The molecule has 3 aromatic carbocycles. The zero-order valence-corrected chi connectivity index (χ0v) is 28.8. The maximum absolute atomic E-state index is 12.4. The summed E-state index contributed by atoms with van der Waals surface area (Å²) in [6.45, 7) is 8.84. The molecule has 7 rings (SSSR count). The van der Waals surface area contributed by atoms with Crippen LogP contribution in [0.5, 0.6) is 5.75 Å². The molecule has 0 aliphatic carbocycles. The zero-order chi connectivity index (χ0) is 35.0. The number of ether oxygens (including phenoxy) is 1. The van der Waals surface area contributed by atoms with Crippen molar-refractivity contribution in [3.63, 3.8) is 0 Å². The summed E-state index contributed by atoms with van der Waals surface area (Å²) < 4.78 is 5.48. The van der Waals surface area contributed by atoms with Crippen molar-refractivity contribution < 1.29 is 14.6 Å². The predicted octanol–water partition coefficient (Wildman–Crippen LogP) is 7.12. The minimum Gasteiger partial charge on any atom is -0.506 e. The summed E-state index contributed by atoms with van der Waals surface area (Å²) in [5.74, 6) is -0.0248. The lowest BCUT2D eigenvalue weighted by molar-refractivity contribution is 0.0497. The molecule has 0 radical (unpaired) electrons. The Balaban J connectivity index is 1.27. The monoisotopic (exact) mass is 669 g/mol. The first-order valence-electron chi connectivity index (χ1n) is 17.4. The number of amides is 1. The number of para-hydroxylation sites is 1. The number of piperidine rings is 2. The molecular formula is C40H43N7O3. The van der Waals surface area contributed by atoms with E-state index in [2.05, 4.69) is 51.5 Å². The van der Waals surface area contributed by atoms with Crippen LogP contribution in [0.1, 0.15) is 52.0 Å². The molecule has 2 aliphatic heterocycles. The fourth-order valence-electron chi connectivity index (χ4n) is 7.20. The third kappa shape index (κ3) is 6.74. The van der Waals surface area contributed by atoms with E-state index >= 15 is 0 Å². The van der Waals surface area contributed by atoms with Crippen LogP contribution in [-0.4, -0.2) is 65.0 Å². The Bertz CT molecular complexity index is 2100. The van der Waals surface area contributed by atoms with E-state index in [1.54, 1.807) is 12.1 Å². The minimum absolute atomic E-state index is 0.0248. The van der Waals surface area contributed by atoms with E-state index < -0.39 is 5.60 Å². The average Bonchev–Trinajstić information content (AvgIpc) is 3.10. The van der Waals surface area contributed by atoms with Crippen LogP contribution < -0.4 is 20.9 Å².